The fourth-order valence-electron chi connectivity index (χ4n) is 3.87. The number of aromatic nitrogens is 3. The van der Waals surface area contributed by atoms with Crippen molar-refractivity contribution in [2.24, 2.45) is 0 Å². The minimum absolute atomic E-state index is 0.135. The third-order valence-electron chi connectivity index (χ3n) is 5.58. The van der Waals surface area contributed by atoms with Crippen molar-refractivity contribution in [3.8, 4) is 17.3 Å². The largest absolute Gasteiger partial charge is 0.497 e. The Balaban J connectivity index is 1.55. The van der Waals surface area contributed by atoms with Gasteiger partial charge in [0, 0.05) is 17.0 Å². The number of ether oxygens (including phenoxy) is 2. The summed E-state index contributed by atoms with van der Waals surface area (Å²) in [4.78, 5) is 17.6. The molecule has 0 aliphatic carbocycles. The van der Waals surface area contributed by atoms with E-state index in [1.807, 2.05) is 68.4 Å². The summed E-state index contributed by atoms with van der Waals surface area (Å²) in [5.74, 6) is 2.30. The lowest BCUT2D eigenvalue weighted by molar-refractivity contribution is -0.118. The number of anilines is 1. The first-order valence-corrected chi connectivity index (χ1v) is 11.2. The highest BCUT2D eigenvalue weighted by Gasteiger charge is 2.21. The van der Waals surface area contributed by atoms with E-state index in [0.29, 0.717) is 17.4 Å². The number of nitrogens with one attached hydrogen (secondary N) is 1. The molecule has 0 atom stereocenters. The van der Waals surface area contributed by atoms with E-state index >= 15 is 0 Å². The van der Waals surface area contributed by atoms with Gasteiger partial charge in [-0.1, -0.05) is 39.0 Å². The maximum absolute atomic E-state index is 12.8. The lowest BCUT2D eigenvalue weighted by atomic mass is 9.86. The molecule has 0 saturated carbocycles. The van der Waals surface area contributed by atoms with E-state index in [2.05, 4.69) is 31.2 Å². The third-order valence-corrected chi connectivity index (χ3v) is 5.58. The maximum atomic E-state index is 12.8. The monoisotopic (exact) mass is 458 g/mol. The lowest BCUT2D eigenvalue weighted by Gasteiger charge is -2.23. The van der Waals surface area contributed by atoms with E-state index in [9.17, 15) is 4.79 Å². The van der Waals surface area contributed by atoms with Gasteiger partial charge in [-0.2, -0.15) is 9.78 Å². The second-order valence-electron chi connectivity index (χ2n) is 9.35. The van der Waals surface area contributed by atoms with Crippen LogP contribution in [0.5, 0.6) is 11.5 Å². The van der Waals surface area contributed by atoms with Crippen LogP contribution in [-0.2, 0) is 10.2 Å². The molecule has 0 fully saturated rings. The van der Waals surface area contributed by atoms with Gasteiger partial charge in [0.05, 0.1) is 18.3 Å². The predicted molar refractivity (Wildman–Crippen MR) is 134 cm³/mol. The number of methoxy groups -OCH3 is 1. The van der Waals surface area contributed by atoms with Gasteiger partial charge in [-0.3, -0.25) is 4.79 Å². The summed E-state index contributed by atoms with van der Waals surface area (Å²) < 4.78 is 12.9. The van der Waals surface area contributed by atoms with Gasteiger partial charge >= 0.3 is 0 Å². The van der Waals surface area contributed by atoms with Crippen LogP contribution in [-0.4, -0.2) is 34.4 Å². The molecule has 1 amide bonds. The van der Waals surface area contributed by atoms with Crippen LogP contribution >= 0.6 is 0 Å². The number of carbonyl (C=O) groups excluding carboxylic acids is 1. The zero-order valence-corrected chi connectivity index (χ0v) is 20.5. The molecule has 2 heterocycles. The van der Waals surface area contributed by atoms with Crippen LogP contribution in [0, 0.1) is 13.8 Å². The molecule has 0 radical (unpaired) electrons. The summed E-state index contributed by atoms with van der Waals surface area (Å²) in [7, 11) is 1.63. The topological polar surface area (TPSA) is 78.3 Å². The average molecular weight is 459 g/mol. The number of hydrogen-bond acceptors (Lipinski definition) is 5. The first-order valence-electron chi connectivity index (χ1n) is 11.2. The second kappa shape index (κ2) is 9.17. The zero-order chi connectivity index (χ0) is 24.5. The van der Waals surface area contributed by atoms with Crippen molar-refractivity contribution >= 4 is 22.6 Å². The molecule has 0 spiro atoms. The molecule has 2 aromatic carbocycles. The Kier molecular flexibility index (Phi) is 6.28. The Morgan fingerprint density at radius 3 is 2.56 bits per heavy atom. The first-order chi connectivity index (χ1) is 16.2. The van der Waals surface area contributed by atoms with Crippen LogP contribution in [0.1, 0.15) is 37.6 Å². The van der Waals surface area contributed by atoms with Crippen molar-refractivity contribution < 1.29 is 14.3 Å². The van der Waals surface area contributed by atoms with Crippen LogP contribution in [0.15, 0.2) is 54.6 Å². The Bertz CT molecular complexity index is 1350. The Morgan fingerprint density at radius 1 is 1.06 bits per heavy atom. The molecule has 4 rings (SSSR count). The molecule has 0 saturated heterocycles. The summed E-state index contributed by atoms with van der Waals surface area (Å²) >= 11 is 0. The van der Waals surface area contributed by atoms with Crippen molar-refractivity contribution in [3.05, 3.63) is 71.4 Å². The van der Waals surface area contributed by atoms with Crippen molar-refractivity contribution in [3.63, 3.8) is 0 Å². The second-order valence-corrected chi connectivity index (χ2v) is 9.35. The van der Waals surface area contributed by atoms with E-state index in [0.717, 1.165) is 33.5 Å². The summed E-state index contributed by atoms with van der Waals surface area (Å²) in [5, 5.41) is 8.56. The van der Waals surface area contributed by atoms with Crippen molar-refractivity contribution in [1.29, 1.82) is 0 Å². The SMILES string of the molecule is COc1ccc(OCC(=O)Nc2cc(C)nn2-c2cc(C)c3ccccc3n2)c(C(C)(C)C)c1. The number of pyridine rings is 1. The normalized spacial score (nSPS) is 11.5. The Morgan fingerprint density at radius 2 is 1.82 bits per heavy atom. The maximum Gasteiger partial charge on any atom is 0.263 e. The molecule has 34 heavy (non-hydrogen) atoms. The number of hydrogen-bond donors (Lipinski definition) is 1. The molecular weight excluding hydrogens is 428 g/mol. The fourth-order valence-corrected chi connectivity index (χ4v) is 3.87. The number of fused-ring (bicyclic) bond motifs is 1. The van der Waals surface area contributed by atoms with Gasteiger partial charge in [-0.15, -0.1) is 0 Å². The van der Waals surface area contributed by atoms with Crippen LogP contribution < -0.4 is 14.8 Å². The molecule has 7 nitrogen and oxygen atoms in total. The molecule has 0 unspecified atom stereocenters. The summed E-state index contributed by atoms with van der Waals surface area (Å²) in [6.45, 7) is 10.1. The molecule has 0 bridgehead atoms. The zero-order valence-electron chi connectivity index (χ0n) is 20.5. The minimum atomic E-state index is -0.283. The van der Waals surface area contributed by atoms with E-state index in [1.54, 1.807) is 11.8 Å². The summed E-state index contributed by atoms with van der Waals surface area (Å²) in [6, 6.07) is 17.4. The number of carbonyl (C=O) groups is 1. The molecule has 0 aliphatic heterocycles. The molecule has 1 N–H and O–H groups in total. The smallest absolute Gasteiger partial charge is 0.263 e. The quantitative estimate of drug-likeness (QED) is 0.421. The highest BCUT2D eigenvalue weighted by Crippen LogP contribution is 2.34. The van der Waals surface area contributed by atoms with Gasteiger partial charge in [-0.05, 0) is 55.2 Å². The number of aryl methyl sites for hydroxylation is 2. The predicted octanol–water partition coefficient (Wildman–Crippen LogP) is 5.36. The molecular formula is C27H30N4O3. The highest BCUT2D eigenvalue weighted by molar-refractivity contribution is 5.91. The molecule has 7 heteroatoms. The van der Waals surface area contributed by atoms with E-state index in [-0.39, 0.29) is 17.9 Å². The van der Waals surface area contributed by atoms with Gasteiger partial charge in [-0.25, -0.2) is 4.98 Å². The number of nitrogens with zero attached hydrogens (tertiary/aromatic N) is 3. The molecule has 0 aliphatic rings. The number of benzene rings is 2. The average Bonchev–Trinajstić information content (AvgIpc) is 3.16. The van der Waals surface area contributed by atoms with E-state index in [1.165, 1.54) is 0 Å². The van der Waals surface area contributed by atoms with Crippen molar-refractivity contribution in [1.82, 2.24) is 14.8 Å². The van der Waals surface area contributed by atoms with E-state index in [4.69, 9.17) is 14.5 Å². The van der Waals surface area contributed by atoms with Gasteiger partial charge in [0.1, 0.15) is 17.3 Å². The minimum Gasteiger partial charge on any atom is -0.497 e. The Hall–Kier alpha value is -3.87. The molecule has 2 aromatic heterocycles. The fraction of sp³-hybridized carbons (Fsp3) is 0.296. The van der Waals surface area contributed by atoms with Gasteiger partial charge < -0.3 is 14.8 Å². The Labute approximate surface area is 199 Å². The number of amides is 1. The van der Waals surface area contributed by atoms with Crippen LogP contribution in [0.25, 0.3) is 16.7 Å². The van der Waals surface area contributed by atoms with Gasteiger partial charge in [0.15, 0.2) is 12.4 Å². The lowest BCUT2D eigenvalue weighted by Crippen LogP contribution is -2.23. The van der Waals surface area contributed by atoms with Gasteiger partial charge in [0.2, 0.25) is 0 Å². The molecule has 176 valence electrons. The third kappa shape index (κ3) is 4.88. The summed E-state index contributed by atoms with van der Waals surface area (Å²) in [5.41, 5.74) is 3.53. The van der Waals surface area contributed by atoms with Gasteiger partial charge in [0.25, 0.3) is 5.91 Å². The first kappa shape index (κ1) is 23.3. The standard InChI is InChI=1S/C27H30N4O3/c1-17-13-24(28-22-10-8-7-9-20(17)22)31-25(14-18(2)30-31)29-26(32)16-34-23-12-11-19(33-6)15-21(23)27(3,4)5/h7-15H,16H2,1-6H3,(H,29,32). The number of para-hydroxylation sites is 1. The van der Waals surface area contributed by atoms with Crippen LogP contribution in [0.3, 0.4) is 0 Å². The van der Waals surface area contributed by atoms with Crippen LogP contribution in [0.2, 0.25) is 0 Å². The number of rotatable bonds is 6. The highest BCUT2D eigenvalue weighted by atomic mass is 16.5. The van der Waals surface area contributed by atoms with E-state index < -0.39 is 0 Å². The summed E-state index contributed by atoms with van der Waals surface area (Å²) in [6.07, 6.45) is 0. The van der Waals surface area contributed by atoms with Crippen LogP contribution in [0.4, 0.5) is 5.82 Å². The van der Waals surface area contributed by atoms with Crippen molar-refractivity contribution in [2.45, 2.75) is 40.0 Å². The molecule has 4 aromatic rings. The van der Waals surface area contributed by atoms with Crippen molar-refractivity contribution in [2.75, 3.05) is 19.0 Å².